The third-order valence-electron chi connectivity index (χ3n) is 4.76. The molecule has 2 fully saturated rings. The monoisotopic (exact) mass is 414 g/mol. The average Bonchev–Trinajstić information content (AvgIpc) is 2.66. The maximum atomic E-state index is 12.4. The van der Waals surface area contributed by atoms with Gasteiger partial charge in [-0.3, -0.25) is 19.4 Å². The van der Waals surface area contributed by atoms with Gasteiger partial charge in [0, 0.05) is 44.3 Å². The Kier molecular flexibility index (Phi) is 7.32. The molecule has 2 heterocycles. The van der Waals surface area contributed by atoms with E-state index in [2.05, 4.69) is 10.2 Å². The molecule has 148 valence electrons. The van der Waals surface area contributed by atoms with E-state index in [4.69, 9.17) is 27.9 Å². The predicted molar refractivity (Wildman–Crippen MR) is 105 cm³/mol. The molecule has 2 amide bonds. The van der Waals surface area contributed by atoms with E-state index in [9.17, 15) is 9.59 Å². The lowest BCUT2D eigenvalue weighted by Crippen LogP contribution is -2.53. The van der Waals surface area contributed by atoms with Crippen LogP contribution in [-0.2, 0) is 14.3 Å². The van der Waals surface area contributed by atoms with Crippen molar-refractivity contribution in [3.05, 3.63) is 28.2 Å². The summed E-state index contributed by atoms with van der Waals surface area (Å²) in [6.45, 7) is 6.29. The number of rotatable bonds is 5. The van der Waals surface area contributed by atoms with Gasteiger partial charge in [0.25, 0.3) is 0 Å². The summed E-state index contributed by atoms with van der Waals surface area (Å²) in [5, 5.41) is 3.76. The van der Waals surface area contributed by atoms with E-state index in [-0.39, 0.29) is 18.4 Å². The topological polar surface area (TPSA) is 65.1 Å². The van der Waals surface area contributed by atoms with Crippen molar-refractivity contribution >= 4 is 40.7 Å². The first kappa shape index (κ1) is 20.4. The second-order valence-corrected chi connectivity index (χ2v) is 7.56. The molecule has 0 aliphatic carbocycles. The molecule has 1 aromatic rings. The van der Waals surface area contributed by atoms with Gasteiger partial charge in [-0.25, -0.2) is 0 Å². The fourth-order valence-corrected chi connectivity index (χ4v) is 3.53. The van der Waals surface area contributed by atoms with Crippen LogP contribution in [0.15, 0.2) is 18.2 Å². The summed E-state index contributed by atoms with van der Waals surface area (Å²) >= 11 is 12.0. The summed E-state index contributed by atoms with van der Waals surface area (Å²) in [7, 11) is 0. The van der Waals surface area contributed by atoms with Crippen LogP contribution >= 0.6 is 23.2 Å². The summed E-state index contributed by atoms with van der Waals surface area (Å²) in [6, 6.07) is 4.95. The molecule has 3 rings (SSSR count). The van der Waals surface area contributed by atoms with Crippen molar-refractivity contribution in [1.82, 2.24) is 14.7 Å². The summed E-state index contributed by atoms with van der Waals surface area (Å²) in [6.07, 6.45) is 0. The van der Waals surface area contributed by atoms with Crippen LogP contribution in [0, 0.1) is 0 Å². The number of halogens is 2. The molecule has 2 aliphatic heterocycles. The van der Waals surface area contributed by atoms with Gasteiger partial charge >= 0.3 is 0 Å². The quantitative estimate of drug-likeness (QED) is 0.788. The zero-order valence-electron chi connectivity index (χ0n) is 15.1. The number of carbonyl (C=O) groups is 2. The Bertz CT molecular complexity index is 675. The van der Waals surface area contributed by atoms with E-state index in [1.165, 1.54) is 0 Å². The molecule has 2 saturated heterocycles. The zero-order chi connectivity index (χ0) is 19.2. The maximum absolute atomic E-state index is 12.4. The van der Waals surface area contributed by atoms with E-state index >= 15 is 0 Å². The first-order valence-corrected chi connectivity index (χ1v) is 9.82. The van der Waals surface area contributed by atoms with Crippen molar-refractivity contribution in [2.75, 3.05) is 70.9 Å². The van der Waals surface area contributed by atoms with Gasteiger partial charge in [0.2, 0.25) is 11.8 Å². The lowest BCUT2D eigenvalue weighted by Gasteiger charge is -2.36. The molecule has 0 spiro atoms. The van der Waals surface area contributed by atoms with Crippen LogP contribution in [0.25, 0.3) is 0 Å². The molecule has 0 radical (unpaired) electrons. The van der Waals surface area contributed by atoms with Gasteiger partial charge < -0.3 is 15.0 Å². The summed E-state index contributed by atoms with van der Waals surface area (Å²) in [5.74, 6) is -0.000953. The third-order valence-corrected chi connectivity index (χ3v) is 5.32. The Hall–Kier alpha value is -1.38. The molecule has 0 atom stereocenters. The molecule has 0 aromatic heterocycles. The van der Waals surface area contributed by atoms with Crippen molar-refractivity contribution in [3.63, 3.8) is 0 Å². The highest BCUT2D eigenvalue weighted by Gasteiger charge is 2.24. The van der Waals surface area contributed by atoms with Crippen molar-refractivity contribution in [2.24, 2.45) is 0 Å². The number of nitrogens with zero attached hydrogens (tertiary/aromatic N) is 3. The van der Waals surface area contributed by atoms with Crippen LogP contribution in [0.3, 0.4) is 0 Å². The number of carbonyl (C=O) groups excluding carboxylic acids is 2. The lowest BCUT2D eigenvalue weighted by molar-refractivity contribution is -0.135. The summed E-state index contributed by atoms with van der Waals surface area (Å²) < 4.78 is 5.31. The van der Waals surface area contributed by atoms with E-state index in [1.54, 1.807) is 18.2 Å². The molecular formula is C18H24Cl2N4O3. The Morgan fingerprint density at radius 1 is 0.963 bits per heavy atom. The smallest absolute Gasteiger partial charge is 0.238 e. The Balaban J connectivity index is 1.41. The second kappa shape index (κ2) is 9.71. The SMILES string of the molecule is O=C(CN1CCN(C(=O)CN2CCOCC2)CC1)Nc1cc(Cl)ccc1Cl. The molecular weight excluding hydrogens is 391 g/mol. The fraction of sp³-hybridized carbons (Fsp3) is 0.556. The molecule has 9 heteroatoms. The molecule has 1 aromatic carbocycles. The van der Waals surface area contributed by atoms with Crippen LogP contribution in [0.5, 0.6) is 0 Å². The number of amides is 2. The number of anilines is 1. The highest BCUT2D eigenvalue weighted by atomic mass is 35.5. The van der Waals surface area contributed by atoms with Crippen LogP contribution in [0.4, 0.5) is 5.69 Å². The molecule has 0 unspecified atom stereocenters. The maximum Gasteiger partial charge on any atom is 0.238 e. The number of morpholine rings is 1. The van der Waals surface area contributed by atoms with Gasteiger partial charge in [0.05, 0.1) is 37.0 Å². The van der Waals surface area contributed by atoms with E-state index in [0.29, 0.717) is 61.7 Å². The fourth-order valence-electron chi connectivity index (χ4n) is 3.19. The van der Waals surface area contributed by atoms with E-state index in [0.717, 1.165) is 13.1 Å². The summed E-state index contributed by atoms with van der Waals surface area (Å²) in [5.41, 5.74) is 0.508. The number of benzene rings is 1. The first-order chi connectivity index (χ1) is 13.0. The Labute approximate surface area is 169 Å². The van der Waals surface area contributed by atoms with Crippen LogP contribution in [0.2, 0.25) is 10.0 Å². The number of hydrogen-bond acceptors (Lipinski definition) is 5. The van der Waals surface area contributed by atoms with Crippen molar-refractivity contribution in [2.45, 2.75) is 0 Å². The van der Waals surface area contributed by atoms with Crippen LogP contribution in [-0.4, -0.2) is 92.1 Å². The molecule has 27 heavy (non-hydrogen) atoms. The number of nitrogens with one attached hydrogen (secondary N) is 1. The molecule has 0 saturated carbocycles. The minimum absolute atomic E-state index is 0.145. The molecule has 0 bridgehead atoms. The van der Waals surface area contributed by atoms with E-state index < -0.39 is 0 Å². The highest BCUT2D eigenvalue weighted by molar-refractivity contribution is 6.35. The second-order valence-electron chi connectivity index (χ2n) is 6.72. The zero-order valence-corrected chi connectivity index (χ0v) is 16.6. The molecule has 2 aliphatic rings. The minimum atomic E-state index is -0.146. The first-order valence-electron chi connectivity index (χ1n) is 9.06. The summed E-state index contributed by atoms with van der Waals surface area (Å²) in [4.78, 5) is 30.7. The van der Waals surface area contributed by atoms with Crippen molar-refractivity contribution < 1.29 is 14.3 Å². The van der Waals surface area contributed by atoms with E-state index in [1.807, 2.05) is 9.80 Å². The number of ether oxygens (including phenoxy) is 1. The van der Waals surface area contributed by atoms with Gasteiger partial charge in [-0.1, -0.05) is 23.2 Å². The van der Waals surface area contributed by atoms with Crippen molar-refractivity contribution in [1.29, 1.82) is 0 Å². The van der Waals surface area contributed by atoms with Crippen LogP contribution in [0.1, 0.15) is 0 Å². The van der Waals surface area contributed by atoms with Crippen LogP contribution < -0.4 is 5.32 Å². The standard InChI is InChI=1S/C18H24Cl2N4O3/c19-14-1-2-15(20)16(11-14)21-17(25)12-22-3-5-24(6-4-22)18(26)13-23-7-9-27-10-8-23/h1-2,11H,3-10,12-13H2,(H,21,25). The van der Waals surface area contributed by atoms with Gasteiger partial charge in [0.15, 0.2) is 0 Å². The largest absolute Gasteiger partial charge is 0.379 e. The van der Waals surface area contributed by atoms with Gasteiger partial charge in [-0.15, -0.1) is 0 Å². The Morgan fingerprint density at radius 2 is 1.63 bits per heavy atom. The average molecular weight is 415 g/mol. The number of hydrogen-bond donors (Lipinski definition) is 1. The molecule has 1 N–H and O–H groups in total. The molecule has 7 nitrogen and oxygen atoms in total. The Morgan fingerprint density at radius 3 is 2.33 bits per heavy atom. The van der Waals surface area contributed by atoms with Gasteiger partial charge in [0.1, 0.15) is 0 Å². The minimum Gasteiger partial charge on any atom is -0.379 e. The van der Waals surface area contributed by atoms with Gasteiger partial charge in [-0.05, 0) is 18.2 Å². The highest BCUT2D eigenvalue weighted by Crippen LogP contribution is 2.25. The lowest BCUT2D eigenvalue weighted by atomic mass is 10.2. The number of piperazine rings is 1. The normalized spacial score (nSPS) is 19.1. The predicted octanol–water partition coefficient (Wildman–Crippen LogP) is 1.41. The van der Waals surface area contributed by atoms with Gasteiger partial charge in [-0.2, -0.15) is 0 Å². The van der Waals surface area contributed by atoms with Crippen molar-refractivity contribution in [3.8, 4) is 0 Å². The third kappa shape index (κ3) is 6.05.